The molecule has 0 heterocycles. The summed E-state index contributed by atoms with van der Waals surface area (Å²) < 4.78 is 4.50. The highest BCUT2D eigenvalue weighted by Gasteiger charge is 2.14. The summed E-state index contributed by atoms with van der Waals surface area (Å²) >= 11 is 0. The van der Waals surface area contributed by atoms with Crippen molar-refractivity contribution in [2.24, 2.45) is 5.18 Å². The van der Waals surface area contributed by atoms with Gasteiger partial charge in [0, 0.05) is 6.04 Å². The fraction of sp³-hybridized carbons (Fsp3) is 0.889. The highest BCUT2D eigenvalue weighted by Crippen LogP contribution is 2.17. The number of carbonyl (C=O) groups is 1. The number of carbonyl (C=O) groups excluding carboxylic acids is 1. The fourth-order valence-corrected chi connectivity index (χ4v) is 1.47. The number of ether oxygens (including phenoxy) is 1. The van der Waals surface area contributed by atoms with Crippen molar-refractivity contribution in [1.82, 2.24) is 5.32 Å². The molecule has 0 bridgehead atoms. The second kappa shape index (κ2) is 8.47. The van der Waals surface area contributed by atoms with Crippen LogP contribution in [0, 0.1) is 4.91 Å². The first-order valence-electron chi connectivity index (χ1n) is 4.80. The average Bonchev–Trinajstić information content (AvgIpc) is 2.20. The Kier molecular flexibility index (Phi) is 7.78. The number of rotatable bonds is 1. The van der Waals surface area contributed by atoms with Gasteiger partial charge in [-0.05, 0) is 12.8 Å². The van der Waals surface area contributed by atoms with E-state index in [2.05, 4.69) is 15.2 Å². The van der Waals surface area contributed by atoms with Crippen molar-refractivity contribution < 1.29 is 9.53 Å². The summed E-state index contributed by atoms with van der Waals surface area (Å²) in [4.78, 5) is 19.3. The molecule has 0 spiro atoms. The van der Waals surface area contributed by atoms with Gasteiger partial charge in [-0.1, -0.05) is 24.4 Å². The van der Waals surface area contributed by atoms with E-state index >= 15 is 0 Å². The number of alkyl carbamates (subject to hydrolysis) is 1. The molecule has 0 atom stereocenters. The molecule has 1 amide bonds. The molecule has 82 valence electrons. The topological polar surface area (TPSA) is 67.8 Å². The van der Waals surface area contributed by atoms with Crippen molar-refractivity contribution in [3.63, 3.8) is 0 Å². The molecule has 5 nitrogen and oxygen atoms in total. The van der Waals surface area contributed by atoms with Gasteiger partial charge in [0.2, 0.25) is 0 Å². The van der Waals surface area contributed by atoms with E-state index in [1.807, 2.05) is 0 Å². The largest absolute Gasteiger partial charge is 0.453 e. The molecule has 1 aliphatic rings. The van der Waals surface area contributed by atoms with Crippen LogP contribution in [-0.2, 0) is 4.74 Å². The van der Waals surface area contributed by atoms with E-state index in [9.17, 15) is 4.79 Å². The first-order valence-corrected chi connectivity index (χ1v) is 4.80. The summed E-state index contributed by atoms with van der Waals surface area (Å²) in [6.45, 7) is 0. The predicted octanol–water partition coefficient (Wildman–Crippen LogP) is 2.06. The molecule has 0 aromatic rings. The van der Waals surface area contributed by atoms with E-state index in [0.717, 1.165) is 12.8 Å². The van der Waals surface area contributed by atoms with Crippen LogP contribution in [0.2, 0.25) is 0 Å². The summed E-state index contributed by atoms with van der Waals surface area (Å²) in [5.41, 5.74) is 0. The number of nitroso groups, excluding NO2 is 1. The lowest BCUT2D eigenvalue weighted by Crippen LogP contribution is -2.35. The van der Waals surface area contributed by atoms with Crippen LogP contribution < -0.4 is 5.32 Å². The van der Waals surface area contributed by atoms with Gasteiger partial charge in [0.15, 0.2) is 0 Å². The molecule has 1 N–H and O–H groups in total. The normalized spacial score (nSPS) is 16.1. The molecule has 1 aliphatic carbocycles. The molecule has 0 aromatic carbocycles. The minimum Gasteiger partial charge on any atom is -0.453 e. The maximum atomic E-state index is 10.7. The number of amides is 1. The molecule has 1 fully saturated rings. The highest BCUT2D eigenvalue weighted by molar-refractivity contribution is 5.67. The fourth-order valence-electron chi connectivity index (χ4n) is 1.47. The Balaban J connectivity index is 0.000000500. The third-order valence-corrected chi connectivity index (χ3v) is 2.11. The number of hydrogen-bond donors (Lipinski definition) is 1. The van der Waals surface area contributed by atoms with E-state index < -0.39 is 0 Å². The molecule has 0 radical (unpaired) electrons. The van der Waals surface area contributed by atoms with Crippen molar-refractivity contribution in [3.05, 3.63) is 4.91 Å². The lowest BCUT2D eigenvalue weighted by atomic mass is 9.96. The van der Waals surface area contributed by atoms with Crippen LogP contribution in [0.15, 0.2) is 5.18 Å². The lowest BCUT2D eigenvalue weighted by Gasteiger charge is -2.21. The Labute approximate surface area is 84.2 Å². The van der Waals surface area contributed by atoms with Gasteiger partial charge in [0.05, 0.1) is 14.2 Å². The number of nitrogens with one attached hydrogen (secondary N) is 1. The van der Waals surface area contributed by atoms with Gasteiger partial charge in [-0.15, -0.1) is 0 Å². The van der Waals surface area contributed by atoms with Gasteiger partial charge in [-0.25, -0.2) is 4.79 Å². The second-order valence-electron chi connectivity index (χ2n) is 3.15. The molecule has 0 unspecified atom stereocenters. The minimum atomic E-state index is -0.295. The quantitative estimate of drug-likeness (QED) is 0.662. The van der Waals surface area contributed by atoms with E-state index in [-0.39, 0.29) is 6.09 Å². The van der Waals surface area contributed by atoms with Crippen LogP contribution in [0.1, 0.15) is 32.1 Å². The molecular formula is C9H18N2O3. The maximum Gasteiger partial charge on any atom is 0.407 e. The molecule has 1 rings (SSSR count). The van der Waals surface area contributed by atoms with E-state index in [0.29, 0.717) is 6.04 Å². The summed E-state index contributed by atoms with van der Waals surface area (Å²) in [5, 5.41) is 5.06. The van der Waals surface area contributed by atoms with Gasteiger partial charge >= 0.3 is 6.09 Å². The Bertz CT molecular complexity index is 167. The smallest absolute Gasteiger partial charge is 0.407 e. The average molecular weight is 202 g/mol. The van der Waals surface area contributed by atoms with Gasteiger partial charge < -0.3 is 10.1 Å². The van der Waals surface area contributed by atoms with Gasteiger partial charge in [-0.2, -0.15) is 4.91 Å². The summed E-state index contributed by atoms with van der Waals surface area (Å²) in [6, 6.07) is 0.358. The van der Waals surface area contributed by atoms with E-state index in [4.69, 9.17) is 4.91 Å². The van der Waals surface area contributed by atoms with E-state index in [1.165, 1.54) is 33.4 Å². The SMILES string of the molecule is CN=O.COC(=O)NC1CCCCC1. The molecule has 5 heteroatoms. The number of methoxy groups -OCH3 is 1. The Morgan fingerprint density at radius 2 is 1.86 bits per heavy atom. The molecule has 14 heavy (non-hydrogen) atoms. The summed E-state index contributed by atoms with van der Waals surface area (Å²) in [6.07, 6.45) is 5.68. The molecule has 1 saturated carbocycles. The Morgan fingerprint density at radius 3 is 2.29 bits per heavy atom. The lowest BCUT2D eigenvalue weighted by molar-refractivity contribution is 0.163. The zero-order chi connectivity index (χ0) is 10.8. The molecular weight excluding hydrogens is 184 g/mol. The van der Waals surface area contributed by atoms with E-state index in [1.54, 1.807) is 0 Å². The summed E-state index contributed by atoms with van der Waals surface area (Å²) in [7, 11) is 2.60. The van der Waals surface area contributed by atoms with Crippen molar-refractivity contribution >= 4 is 6.09 Å². The van der Waals surface area contributed by atoms with Crippen molar-refractivity contribution in [3.8, 4) is 0 Å². The Morgan fingerprint density at radius 1 is 1.36 bits per heavy atom. The minimum absolute atomic E-state index is 0.295. The van der Waals surface area contributed by atoms with Gasteiger partial charge in [0.25, 0.3) is 0 Å². The predicted molar refractivity (Wildman–Crippen MR) is 54.1 cm³/mol. The van der Waals surface area contributed by atoms with Crippen LogP contribution in [0.25, 0.3) is 0 Å². The van der Waals surface area contributed by atoms with Gasteiger partial charge in [-0.3, -0.25) is 0 Å². The summed E-state index contributed by atoms with van der Waals surface area (Å²) in [5.74, 6) is 0. The second-order valence-corrected chi connectivity index (χ2v) is 3.15. The van der Waals surface area contributed by atoms with Crippen LogP contribution >= 0.6 is 0 Å². The van der Waals surface area contributed by atoms with Crippen LogP contribution in [0.4, 0.5) is 4.79 Å². The van der Waals surface area contributed by atoms with Crippen molar-refractivity contribution in [1.29, 1.82) is 0 Å². The highest BCUT2D eigenvalue weighted by atomic mass is 16.5. The van der Waals surface area contributed by atoms with Crippen LogP contribution in [0.3, 0.4) is 0 Å². The zero-order valence-corrected chi connectivity index (χ0v) is 8.78. The van der Waals surface area contributed by atoms with Crippen molar-refractivity contribution in [2.45, 2.75) is 38.1 Å². The molecule has 0 aliphatic heterocycles. The third kappa shape index (κ3) is 6.39. The van der Waals surface area contributed by atoms with Crippen molar-refractivity contribution in [2.75, 3.05) is 14.2 Å². The van der Waals surface area contributed by atoms with Crippen LogP contribution in [-0.4, -0.2) is 26.3 Å². The number of nitrogens with zero attached hydrogens (tertiary/aromatic N) is 1. The zero-order valence-electron chi connectivity index (χ0n) is 8.78. The van der Waals surface area contributed by atoms with Crippen LogP contribution in [0.5, 0.6) is 0 Å². The molecule has 0 saturated heterocycles. The number of hydrogen-bond acceptors (Lipinski definition) is 4. The third-order valence-electron chi connectivity index (χ3n) is 2.11. The first kappa shape index (κ1) is 12.9. The monoisotopic (exact) mass is 202 g/mol. The van der Waals surface area contributed by atoms with Gasteiger partial charge in [0.1, 0.15) is 0 Å². The first-order chi connectivity index (χ1) is 6.74. The molecule has 0 aromatic heterocycles. The standard InChI is InChI=1S/C8H15NO2.CH3NO/c1-11-8(10)9-7-5-3-2-4-6-7;1-2-3/h7H,2-6H2,1H3,(H,9,10);1H3. The maximum absolute atomic E-state index is 10.7. The Hall–Kier alpha value is -1.13.